The summed E-state index contributed by atoms with van der Waals surface area (Å²) in [4.78, 5) is 1.97. The molecule has 0 fully saturated rings. The van der Waals surface area contributed by atoms with Crippen LogP contribution in [0.1, 0.15) is 29.7 Å². The molecule has 0 heterocycles. The molecular formula is C17H20FNO. The van der Waals surface area contributed by atoms with Crippen molar-refractivity contribution in [3.05, 3.63) is 65.0 Å². The highest BCUT2D eigenvalue weighted by atomic mass is 19.1. The van der Waals surface area contributed by atoms with Crippen molar-refractivity contribution in [2.45, 2.75) is 26.5 Å². The molecule has 2 nitrogen and oxygen atoms in total. The molecular weight excluding hydrogens is 253 g/mol. The van der Waals surface area contributed by atoms with Crippen LogP contribution in [0.25, 0.3) is 0 Å². The second-order valence-corrected chi connectivity index (χ2v) is 5.13. The van der Waals surface area contributed by atoms with Gasteiger partial charge in [-0.1, -0.05) is 30.3 Å². The second kappa shape index (κ2) is 6.06. The minimum atomic E-state index is -0.828. The maximum absolute atomic E-state index is 13.9. The molecule has 106 valence electrons. The highest BCUT2D eigenvalue weighted by Crippen LogP contribution is 2.29. The van der Waals surface area contributed by atoms with E-state index in [0.717, 1.165) is 5.69 Å². The van der Waals surface area contributed by atoms with Gasteiger partial charge in [-0.25, -0.2) is 4.39 Å². The van der Waals surface area contributed by atoms with Crippen molar-refractivity contribution in [2.24, 2.45) is 0 Å². The molecule has 0 radical (unpaired) electrons. The Morgan fingerprint density at radius 3 is 2.50 bits per heavy atom. The minimum absolute atomic E-state index is 0.351. The van der Waals surface area contributed by atoms with Crippen LogP contribution in [0.15, 0.2) is 42.5 Å². The van der Waals surface area contributed by atoms with E-state index in [4.69, 9.17) is 0 Å². The summed E-state index contributed by atoms with van der Waals surface area (Å²) in [6, 6.07) is 13.0. The number of aliphatic hydroxyl groups is 1. The fraction of sp³-hybridized carbons (Fsp3) is 0.294. The van der Waals surface area contributed by atoms with E-state index in [1.165, 1.54) is 17.2 Å². The van der Waals surface area contributed by atoms with Crippen molar-refractivity contribution in [1.82, 2.24) is 0 Å². The second-order valence-electron chi connectivity index (χ2n) is 5.13. The van der Waals surface area contributed by atoms with E-state index in [9.17, 15) is 9.50 Å². The average molecular weight is 273 g/mol. The Bertz CT molecular complexity index is 595. The zero-order valence-electron chi connectivity index (χ0n) is 12.1. The van der Waals surface area contributed by atoms with Crippen molar-refractivity contribution in [2.75, 3.05) is 11.9 Å². The van der Waals surface area contributed by atoms with Gasteiger partial charge >= 0.3 is 0 Å². The quantitative estimate of drug-likeness (QED) is 0.915. The number of rotatable bonds is 4. The van der Waals surface area contributed by atoms with Crippen LogP contribution in [-0.2, 0) is 6.54 Å². The van der Waals surface area contributed by atoms with Crippen molar-refractivity contribution in [3.63, 3.8) is 0 Å². The molecule has 0 aliphatic heterocycles. The number of benzene rings is 2. The summed E-state index contributed by atoms with van der Waals surface area (Å²) in [5.74, 6) is -0.367. The number of aryl methyl sites for hydroxylation is 1. The van der Waals surface area contributed by atoms with E-state index < -0.39 is 6.10 Å². The standard InChI is InChI=1S/C17H20FNO/c1-12-7-4-5-8-14(12)11-19(3)16-10-6-9-15(18)17(16)13(2)20/h4-10,13,20H,11H2,1-3H3/t13-/m0/s1. The first-order valence-electron chi connectivity index (χ1n) is 6.73. The van der Waals surface area contributed by atoms with Gasteiger partial charge in [0.15, 0.2) is 0 Å². The Morgan fingerprint density at radius 1 is 1.15 bits per heavy atom. The molecule has 3 heteroatoms. The fourth-order valence-electron chi connectivity index (χ4n) is 2.40. The molecule has 0 aromatic heterocycles. The Morgan fingerprint density at radius 2 is 1.85 bits per heavy atom. The van der Waals surface area contributed by atoms with Gasteiger partial charge < -0.3 is 10.0 Å². The zero-order chi connectivity index (χ0) is 14.7. The predicted octanol–water partition coefficient (Wildman–Crippen LogP) is 3.82. The van der Waals surface area contributed by atoms with Gasteiger partial charge in [0.25, 0.3) is 0 Å². The average Bonchev–Trinajstić information content (AvgIpc) is 2.40. The van der Waals surface area contributed by atoms with Crippen LogP contribution >= 0.6 is 0 Å². The highest BCUT2D eigenvalue weighted by molar-refractivity contribution is 5.55. The summed E-state index contributed by atoms with van der Waals surface area (Å²) in [5, 5.41) is 9.79. The Labute approximate surface area is 119 Å². The lowest BCUT2D eigenvalue weighted by molar-refractivity contribution is 0.194. The van der Waals surface area contributed by atoms with E-state index in [1.54, 1.807) is 13.0 Å². The molecule has 0 saturated carbocycles. The van der Waals surface area contributed by atoms with E-state index >= 15 is 0 Å². The summed E-state index contributed by atoms with van der Waals surface area (Å²) in [6.07, 6.45) is -0.828. The topological polar surface area (TPSA) is 23.5 Å². The van der Waals surface area contributed by atoms with Gasteiger partial charge in [-0.2, -0.15) is 0 Å². The van der Waals surface area contributed by atoms with Gasteiger partial charge in [-0.3, -0.25) is 0 Å². The number of halogens is 1. The van der Waals surface area contributed by atoms with E-state index in [-0.39, 0.29) is 5.82 Å². The third kappa shape index (κ3) is 2.99. The molecule has 2 rings (SSSR count). The first-order valence-corrected chi connectivity index (χ1v) is 6.73. The number of aliphatic hydroxyl groups excluding tert-OH is 1. The number of anilines is 1. The fourth-order valence-corrected chi connectivity index (χ4v) is 2.40. The SMILES string of the molecule is Cc1ccccc1CN(C)c1cccc(F)c1[C@H](C)O. The molecule has 0 unspecified atom stereocenters. The molecule has 0 spiro atoms. The predicted molar refractivity (Wildman–Crippen MR) is 80.3 cm³/mol. The maximum Gasteiger partial charge on any atom is 0.131 e. The van der Waals surface area contributed by atoms with Gasteiger partial charge in [-0.15, -0.1) is 0 Å². The van der Waals surface area contributed by atoms with E-state index in [0.29, 0.717) is 12.1 Å². The molecule has 0 aliphatic carbocycles. The van der Waals surface area contributed by atoms with Crippen LogP contribution in [0.4, 0.5) is 10.1 Å². The molecule has 0 saturated heterocycles. The smallest absolute Gasteiger partial charge is 0.131 e. The number of hydrogen-bond donors (Lipinski definition) is 1. The summed E-state index contributed by atoms with van der Waals surface area (Å²) in [7, 11) is 1.91. The van der Waals surface area contributed by atoms with Crippen molar-refractivity contribution < 1.29 is 9.50 Å². The van der Waals surface area contributed by atoms with Crippen LogP contribution in [0, 0.1) is 12.7 Å². The molecule has 2 aromatic carbocycles. The normalized spacial score (nSPS) is 12.2. The summed E-state index contributed by atoms with van der Waals surface area (Å²) >= 11 is 0. The van der Waals surface area contributed by atoms with Gasteiger partial charge in [0.2, 0.25) is 0 Å². The number of nitrogens with zero attached hydrogens (tertiary/aromatic N) is 1. The third-order valence-electron chi connectivity index (χ3n) is 3.53. The Hall–Kier alpha value is -1.87. The van der Waals surface area contributed by atoms with Crippen molar-refractivity contribution >= 4 is 5.69 Å². The van der Waals surface area contributed by atoms with Crippen LogP contribution in [0.2, 0.25) is 0 Å². The lowest BCUT2D eigenvalue weighted by atomic mass is 10.0. The molecule has 20 heavy (non-hydrogen) atoms. The summed E-state index contributed by atoms with van der Waals surface area (Å²) < 4.78 is 13.9. The third-order valence-corrected chi connectivity index (χ3v) is 3.53. The largest absolute Gasteiger partial charge is 0.389 e. The van der Waals surface area contributed by atoms with Gasteiger partial charge in [0.05, 0.1) is 6.10 Å². The Balaban J connectivity index is 2.33. The lowest BCUT2D eigenvalue weighted by Crippen LogP contribution is -2.20. The monoisotopic (exact) mass is 273 g/mol. The minimum Gasteiger partial charge on any atom is -0.389 e. The molecule has 1 N–H and O–H groups in total. The first-order chi connectivity index (χ1) is 9.50. The van der Waals surface area contributed by atoms with Gasteiger partial charge in [-0.05, 0) is 37.1 Å². The van der Waals surface area contributed by atoms with Crippen LogP contribution in [0.5, 0.6) is 0 Å². The number of hydrogen-bond acceptors (Lipinski definition) is 2. The lowest BCUT2D eigenvalue weighted by Gasteiger charge is -2.24. The first kappa shape index (κ1) is 14.5. The van der Waals surface area contributed by atoms with Crippen LogP contribution < -0.4 is 4.90 Å². The zero-order valence-corrected chi connectivity index (χ0v) is 12.1. The molecule has 0 amide bonds. The highest BCUT2D eigenvalue weighted by Gasteiger charge is 2.16. The van der Waals surface area contributed by atoms with Crippen LogP contribution in [0.3, 0.4) is 0 Å². The molecule has 0 bridgehead atoms. The van der Waals surface area contributed by atoms with Gasteiger partial charge in [0.1, 0.15) is 5.82 Å². The van der Waals surface area contributed by atoms with Gasteiger partial charge in [0, 0.05) is 24.8 Å². The summed E-state index contributed by atoms with van der Waals surface area (Å²) in [6.45, 7) is 4.32. The maximum atomic E-state index is 13.9. The summed E-state index contributed by atoms with van der Waals surface area (Å²) in [5.41, 5.74) is 3.47. The van der Waals surface area contributed by atoms with Crippen molar-refractivity contribution in [1.29, 1.82) is 0 Å². The van der Waals surface area contributed by atoms with Crippen molar-refractivity contribution in [3.8, 4) is 0 Å². The molecule has 0 aliphatic rings. The van der Waals surface area contributed by atoms with Crippen LogP contribution in [-0.4, -0.2) is 12.2 Å². The Kier molecular flexibility index (Phi) is 4.40. The van der Waals surface area contributed by atoms with E-state index in [2.05, 4.69) is 19.1 Å². The molecule has 2 aromatic rings. The van der Waals surface area contributed by atoms with E-state index in [1.807, 2.05) is 30.1 Å². The molecule has 1 atom stereocenters.